The van der Waals surface area contributed by atoms with E-state index < -0.39 is 0 Å². The van der Waals surface area contributed by atoms with E-state index in [0.717, 1.165) is 25.4 Å². The van der Waals surface area contributed by atoms with E-state index in [4.69, 9.17) is 4.74 Å². The van der Waals surface area contributed by atoms with E-state index in [2.05, 4.69) is 35.3 Å². The van der Waals surface area contributed by atoms with E-state index in [-0.39, 0.29) is 0 Å². The number of nitrogens with one attached hydrogen (secondary N) is 1. The minimum Gasteiger partial charge on any atom is -0.494 e. The normalized spacial score (nSPS) is 17.6. The molecule has 1 unspecified atom stereocenters. The van der Waals surface area contributed by atoms with Crippen LogP contribution in [0.3, 0.4) is 0 Å². The molecule has 0 saturated carbocycles. The molecule has 1 fully saturated rings. The Hall–Kier alpha value is -1.06. The Bertz CT molecular complexity index is 375. The molecule has 0 bridgehead atoms. The number of hydrogen-bond donors (Lipinski definition) is 1. The number of ether oxygens (including phenoxy) is 1. The number of benzene rings is 1. The molecular weight excluding hydrogens is 236 g/mol. The molecule has 0 aromatic heterocycles. The molecule has 2 rings (SSSR count). The second-order valence-corrected chi connectivity index (χ2v) is 5.09. The Morgan fingerprint density at radius 3 is 2.63 bits per heavy atom. The lowest BCUT2D eigenvalue weighted by Gasteiger charge is -2.26. The number of para-hydroxylation sites is 1. The first-order chi connectivity index (χ1) is 9.35. The first kappa shape index (κ1) is 14.4. The van der Waals surface area contributed by atoms with E-state index >= 15 is 0 Å². The van der Waals surface area contributed by atoms with Crippen LogP contribution in [0.15, 0.2) is 24.3 Å². The summed E-state index contributed by atoms with van der Waals surface area (Å²) in [6.45, 7) is 9.47. The van der Waals surface area contributed by atoms with Crippen molar-refractivity contribution in [2.24, 2.45) is 0 Å². The molecule has 1 aromatic rings. The number of likely N-dealkylation sites (tertiary alicyclic amines) is 1. The van der Waals surface area contributed by atoms with Crippen LogP contribution in [-0.4, -0.2) is 37.7 Å². The summed E-state index contributed by atoms with van der Waals surface area (Å²) in [5.74, 6) is 1.02. The average Bonchev–Trinajstić information content (AvgIpc) is 2.92. The maximum Gasteiger partial charge on any atom is 0.124 e. The van der Waals surface area contributed by atoms with E-state index in [1.54, 1.807) is 0 Å². The van der Waals surface area contributed by atoms with Gasteiger partial charge in [-0.1, -0.05) is 25.1 Å². The van der Waals surface area contributed by atoms with Gasteiger partial charge in [0.15, 0.2) is 0 Å². The van der Waals surface area contributed by atoms with Gasteiger partial charge in [0.05, 0.1) is 6.61 Å². The average molecular weight is 262 g/mol. The maximum absolute atomic E-state index is 5.77. The fourth-order valence-electron chi connectivity index (χ4n) is 2.80. The number of nitrogens with zero attached hydrogens (tertiary/aromatic N) is 1. The molecule has 0 radical (unpaired) electrons. The number of rotatable bonds is 7. The van der Waals surface area contributed by atoms with Crippen molar-refractivity contribution < 1.29 is 4.74 Å². The highest BCUT2D eigenvalue weighted by molar-refractivity contribution is 5.36. The van der Waals surface area contributed by atoms with E-state index in [9.17, 15) is 0 Å². The Morgan fingerprint density at radius 1 is 1.21 bits per heavy atom. The third-order valence-electron chi connectivity index (χ3n) is 3.68. The van der Waals surface area contributed by atoms with Crippen LogP contribution in [0.4, 0.5) is 0 Å². The predicted octanol–water partition coefficient (Wildman–Crippen LogP) is 2.83. The van der Waals surface area contributed by atoms with Crippen molar-refractivity contribution in [1.82, 2.24) is 10.2 Å². The van der Waals surface area contributed by atoms with Gasteiger partial charge in [0, 0.05) is 18.2 Å². The van der Waals surface area contributed by atoms with Gasteiger partial charge in [-0.3, -0.25) is 0 Å². The molecule has 3 nitrogen and oxygen atoms in total. The van der Waals surface area contributed by atoms with Gasteiger partial charge in [-0.05, 0) is 45.5 Å². The van der Waals surface area contributed by atoms with Crippen LogP contribution >= 0.6 is 0 Å². The molecule has 1 saturated heterocycles. The van der Waals surface area contributed by atoms with Crippen molar-refractivity contribution in [2.75, 3.05) is 32.8 Å². The van der Waals surface area contributed by atoms with Crippen LogP contribution in [0.1, 0.15) is 38.3 Å². The summed E-state index contributed by atoms with van der Waals surface area (Å²) >= 11 is 0. The van der Waals surface area contributed by atoms with Gasteiger partial charge in [-0.15, -0.1) is 0 Å². The zero-order valence-corrected chi connectivity index (χ0v) is 12.2. The molecular formula is C16H26N2O. The number of likely N-dealkylation sites (N-methyl/N-ethyl adjacent to an activating group) is 1. The molecule has 1 aliphatic rings. The van der Waals surface area contributed by atoms with Crippen molar-refractivity contribution in [2.45, 2.75) is 32.7 Å². The summed E-state index contributed by atoms with van der Waals surface area (Å²) in [6, 6.07) is 8.78. The Balaban J connectivity index is 2.12. The zero-order valence-electron chi connectivity index (χ0n) is 12.2. The van der Waals surface area contributed by atoms with Gasteiger partial charge >= 0.3 is 0 Å². The van der Waals surface area contributed by atoms with E-state index in [0.29, 0.717) is 6.04 Å². The van der Waals surface area contributed by atoms with Gasteiger partial charge in [-0.2, -0.15) is 0 Å². The Morgan fingerprint density at radius 2 is 1.95 bits per heavy atom. The Kier molecular flexibility index (Phi) is 5.67. The largest absolute Gasteiger partial charge is 0.494 e. The first-order valence-electron chi connectivity index (χ1n) is 7.52. The molecule has 1 atom stereocenters. The molecule has 0 aliphatic carbocycles. The summed E-state index contributed by atoms with van der Waals surface area (Å²) in [5, 5.41) is 3.60. The van der Waals surface area contributed by atoms with Gasteiger partial charge in [-0.25, -0.2) is 0 Å². The van der Waals surface area contributed by atoms with Crippen molar-refractivity contribution >= 4 is 0 Å². The van der Waals surface area contributed by atoms with Gasteiger partial charge in [0.2, 0.25) is 0 Å². The predicted molar refractivity (Wildman–Crippen MR) is 79.7 cm³/mol. The SMILES string of the molecule is CCNC(CN1CCCC1)c1ccccc1OCC. The highest BCUT2D eigenvalue weighted by Crippen LogP contribution is 2.26. The van der Waals surface area contributed by atoms with Crippen molar-refractivity contribution in [3.63, 3.8) is 0 Å². The van der Waals surface area contributed by atoms with Gasteiger partial charge in [0.25, 0.3) is 0 Å². The molecule has 3 heteroatoms. The maximum atomic E-state index is 5.77. The molecule has 1 aromatic carbocycles. The minimum absolute atomic E-state index is 0.367. The highest BCUT2D eigenvalue weighted by atomic mass is 16.5. The Labute approximate surface area is 116 Å². The van der Waals surface area contributed by atoms with Gasteiger partial charge < -0.3 is 15.0 Å². The van der Waals surface area contributed by atoms with Crippen molar-refractivity contribution in [3.05, 3.63) is 29.8 Å². The minimum atomic E-state index is 0.367. The van der Waals surface area contributed by atoms with Gasteiger partial charge in [0.1, 0.15) is 5.75 Å². The summed E-state index contributed by atoms with van der Waals surface area (Å²) < 4.78 is 5.77. The first-order valence-corrected chi connectivity index (χ1v) is 7.52. The standard InChI is InChI=1S/C16H26N2O/c1-3-17-15(13-18-11-7-8-12-18)14-9-5-6-10-16(14)19-4-2/h5-6,9-10,15,17H,3-4,7-8,11-13H2,1-2H3. The summed E-state index contributed by atoms with van der Waals surface area (Å²) in [5.41, 5.74) is 1.29. The monoisotopic (exact) mass is 262 g/mol. The third-order valence-corrected chi connectivity index (χ3v) is 3.68. The fraction of sp³-hybridized carbons (Fsp3) is 0.625. The van der Waals surface area contributed by atoms with Crippen LogP contribution in [0.2, 0.25) is 0 Å². The van der Waals surface area contributed by atoms with Crippen LogP contribution in [0, 0.1) is 0 Å². The topological polar surface area (TPSA) is 24.5 Å². The van der Waals surface area contributed by atoms with E-state index in [1.807, 2.05) is 13.0 Å². The van der Waals surface area contributed by atoms with Crippen molar-refractivity contribution in [3.8, 4) is 5.75 Å². The highest BCUT2D eigenvalue weighted by Gasteiger charge is 2.20. The zero-order chi connectivity index (χ0) is 13.5. The molecule has 1 aliphatic heterocycles. The van der Waals surface area contributed by atoms with E-state index in [1.165, 1.54) is 31.5 Å². The quantitative estimate of drug-likeness (QED) is 0.818. The lowest BCUT2D eigenvalue weighted by Crippen LogP contribution is -2.33. The molecule has 1 N–H and O–H groups in total. The third kappa shape index (κ3) is 3.95. The summed E-state index contributed by atoms with van der Waals surface area (Å²) in [6.07, 6.45) is 2.68. The molecule has 0 spiro atoms. The lowest BCUT2D eigenvalue weighted by atomic mass is 10.0. The second kappa shape index (κ2) is 7.51. The molecule has 0 amide bonds. The molecule has 1 heterocycles. The fourth-order valence-corrected chi connectivity index (χ4v) is 2.80. The van der Waals surface area contributed by atoms with Crippen LogP contribution in [0.25, 0.3) is 0 Å². The summed E-state index contributed by atoms with van der Waals surface area (Å²) in [7, 11) is 0. The lowest BCUT2D eigenvalue weighted by molar-refractivity contribution is 0.284. The summed E-state index contributed by atoms with van der Waals surface area (Å²) in [4.78, 5) is 2.55. The van der Waals surface area contributed by atoms with Crippen molar-refractivity contribution in [1.29, 1.82) is 0 Å². The van der Waals surface area contributed by atoms with Crippen LogP contribution in [0.5, 0.6) is 5.75 Å². The van der Waals surface area contributed by atoms with Crippen LogP contribution < -0.4 is 10.1 Å². The molecule has 19 heavy (non-hydrogen) atoms. The smallest absolute Gasteiger partial charge is 0.124 e. The second-order valence-electron chi connectivity index (χ2n) is 5.09. The molecule has 106 valence electrons. The van der Waals surface area contributed by atoms with Crippen LogP contribution in [-0.2, 0) is 0 Å². The number of hydrogen-bond acceptors (Lipinski definition) is 3.